The van der Waals surface area contributed by atoms with Gasteiger partial charge in [-0.25, -0.2) is 0 Å². The van der Waals surface area contributed by atoms with Gasteiger partial charge in [0.25, 0.3) is 0 Å². The first-order chi connectivity index (χ1) is 8.72. The lowest BCUT2D eigenvalue weighted by molar-refractivity contribution is 0.00254. The molecule has 1 aromatic rings. The van der Waals surface area contributed by atoms with Gasteiger partial charge in [0.05, 0.1) is 29.4 Å². The minimum atomic E-state index is -0.00489. The van der Waals surface area contributed by atoms with Crippen LogP contribution in [0.3, 0.4) is 0 Å². The number of rotatable bonds is 3. The number of ether oxygens (including phenoxy) is 2. The van der Waals surface area contributed by atoms with Gasteiger partial charge in [0, 0.05) is 26.1 Å². The van der Waals surface area contributed by atoms with Crippen molar-refractivity contribution in [2.45, 2.75) is 6.10 Å². The van der Waals surface area contributed by atoms with Crippen molar-refractivity contribution in [3.8, 4) is 0 Å². The highest BCUT2D eigenvalue weighted by molar-refractivity contribution is 6.42. The van der Waals surface area contributed by atoms with Crippen molar-refractivity contribution in [2.75, 3.05) is 33.4 Å². The lowest BCUT2D eigenvalue weighted by atomic mass is 9.96. The first-order valence-electron chi connectivity index (χ1n) is 5.98. The molecule has 3 nitrogen and oxygen atoms in total. The van der Waals surface area contributed by atoms with Gasteiger partial charge >= 0.3 is 0 Å². The summed E-state index contributed by atoms with van der Waals surface area (Å²) in [6, 6.07) is 5.65. The monoisotopic (exact) mass is 289 g/mol. The van der Waals surface area contributed by atoms with E-state index < -0.39 is 0 Å². The molecule has 1 aliphatic heterocycles. The van der Waals surface area contributed by atoms with Gasteiger partial charge < -0.3 is 14.8 Å². The maximum atomic E-state index is 6.06. The largest absolute Gasteiger partial charge is 0.384 e. The Bertz CT molecular complexity index is 401. The number of methoxy groups -OCH3 is 1. The van der Waals surface area contributed by atoms with E-state index in [0.29, 0.717) is 23.3 Å². The molecule has 0 aliphatic carbocycles. The molecule has 1 N–H and O–H groups in total. The molecule has 0 unspecified atom stereocenters. The molecule has 18 heavy (non-hydrogen) atoms. The van der Waals surface area contributed by atoms with E-state index in [1.165, 1.54) is 0 Å². The lowest BCUT2D eigenvalue weighted by Crippen LogP contribution is -2.27. The number of halogens is 2. The third-order valence-electron chi connectivity index (χ3n) is 3.06. The van der Waals surface area contributed by atoms with Gasteiger partial charge in [0.1, 0.15) is 0 Å². The Hall–Kier alpha value is -0.320. The highest BCUT2D eigenvalue weighted by atomic mass is 35.5. The highest BCUT2D eigenvalue weighted by Gasteiger charge is 2.26. The molecule has 2 rings (SSSR count). The summed E-state index contributed by atoms with van der Waals surface area (Å²) in [5.41, 5.74) is 1.05. The van der Waals surface area contributed by atoms with Gasteiger partial charge in [0.2, 0.25) is 0 Å². The molecule has 0 aromatic heterocycles. The van der Waals surface area contributed by atoms with E-state index in [-0.39, 0.29) is 12.0 Å². The molecule has 2 atom stereocenters. The summed E-state index contributed by atoms with van der Waals surface area (Å²) in [7, 11) is 1.71. The van der Waals surface area contributed by atoms with Crippen molar-refractivity contribution in [1.29, 1.82) is 0 Å². The fourth-order valence-electron chi connectivity index (χ4n) is 2.21. The molecule has 0 radical (unpaired) electrons. The average molecular weight is 290 g/mol. The van der Waals surface area contributed by atoms with Gasteiger partial charge in [-0.05, 0) is 17.7 Å². The van der Waals surface area contributed by atoms with Crippen molar-refractivity contribution < 1.29 is 9.47 Å². The second-order valence-corrected chi connectivity index (χ2v) is 5.20. The molecule has 100 valence electrons. The van der Waals surface area contributed by atoms with E-state index in [2.05, 4.69) is 5.32 Å². The molecular formula is C13H17Cl2NO2. The SMILES string of the molecule is COC[C@@H]1CNCCO[C@@H]1c1ccc(Cl)c(Cl)c1. The Morgan fingerprint density at radius 3 is 2.94 bits per heavy atom. The third kappa shape index (κ3) is 3.37. The molecule has 0 spiro atoms. The summed E-state index contributed by atoms with van der Waals surface area (Å²) in [6.45, 7) is 3.07. The van der Waals surface area contributed by atoms with E-state index in [1.54, 1.807) is 7.11 Å². The summed E-state index contributed by atoms with van der Waals surface area (Å²) >= 11 is 12.0. The standard InChI is InChI=1S/C13H17Cl2NO2/c1-17-8-10-7-16-4-5-18-13(10)9-2-3-11(14)12(15)6-9/h2-3,6,10,13,16H,4-5,7-8H2,1H3/t10-,13+/m0/s1. The summed E-state index contributed by atoms with van der Waals surface area (Å²) in [5, 5.41) is 4.47. The van der Waals surface area contributed by atoms with Crippen LogP contribution >= 0.6 is 23.2 Å². The van der Waals surface area contributed by atoms with Gasteiger partial charge in [-0.2, -0.15) is 0 Å². The normalized spacial score (nSPS) is 24.8. The molecule has 1 aromatic carbocycles. The zero-order chi connectivity index (χ0) is 13.0. The van der Waals surface area contributed by atoms with Crippen LogP contribution in [0.1, 0.15) is 11.7 Å². The van der Waals surface area contributed by atoms with Gasteiger partial charge in [-0.3, -0.25) is 0 Å². The van der Waals surface area contributed by atoms with Crippen molar-refractivity contribution in [3.05, 3.63) is 33.8 Å². The third-order valence-corrected chi connectivity index (χ3v) is 3.80. The van der Waals surface area contributed by atoms with Gasteiger partial charge in [-0.15, -0.1) is 0 Å². The van der Waals surface area contributed by atoms with Crippen LogP contribution in [0.2, 0.25) is 10.0 Å². The first-order valence-corrected chi connectivity index (χ1v) is 6.74. The molecular weight excluding hydrogens is 273 g/mol. The Balaban J connectivity index is 2.22. The van der Waals surface area contributed by atoms with Crippen molar-refractivity contribution in [3.63, 3.8) is 0 Å². The quantitative estimate of drug-likeness (QED) is 0.928. The first kappa shape index (κ1) is 14.1. The van der Waals surface area contributed by atoms with E-state index in [9.17, 15) is 0 Å². The Morgan fingerprint density at radius 1 is 1.39 bits per heavy atom. The summed E-state index contributed by atoms with van der Waals surface area (Å²) < 4.78 is 11.2. The van der Waals surface area contributed by atoms with E-state index in [0.717, 1.165) is 18.7 Å². The smallest absolute Gasteiger partial charge is 0.0888 e. The van der Waals surface area contributed by atoms with Crippen LogP contribution in [-0.2, 0) is 9.47 Å². The summed E-state index contributed by atoms with van der Waals surface area (Å²) in [4.78, 5) is 0. The summed E-state index contributed by atoms with van der Waals surface area (Å²) in [6.07, 6.45) is -0.00489. The Morgan fingerprint density at radius 2 is 2.22 bits per heavy atom. The second kappa shape index (κ2) is 6.73. The molecule has 0 saturated carbocycles. The lowest BCUT2D eigenvalue weighted by Gasteiger charge is -2.24. The zero-order valence-electron chi connectivity index (χ0n) is 10.3. The van der Waals surface area contributed by atoms with E-state index in [1.807, 2.05) is 18.2 Å². The second-order valence-electron chi connectivity index (χ2n) is 4.38. The van der Waals surface area contributed by atoms with Crippen molar-refractivity contribution in [1.82, 2.24) is 5.32 Å². The summed E-state index contributed by atoms with van der Waals surface area (Å²) in [5.74, 6) is 0.273. The molecule has 1 saturated heterocycles. The fraction of sp³-hybridized carbons (Fsp3) is 0.538. The Kier molecular flexibility index (Phi) is 5.27. The minimum absolute atomic E-state index is 0.00489. The van der Waals surface area contributed by atoms with Crippen LogP contribution in [0, 0.1) is 5.92 Å². The minimum Gasteiger partial charge on any atom is -0.384 e. The van der Waals surface area contributed by atoms with Crippen molar-refractivity contribution in [2.24, 2.45) is 5.92 Å². The average Bonchev–Trinajstić information content (AvgIpc) is 2.59. The topological polar surface area (TPSA) is 30.5 Å². The van der Waals surface area contributed by atoms with Crippen LogP contribution in [0.4, 0.5) is 0 Å². The molecule has 1 fully saturated rings. The van der Waals surface area contributed by atoms with Gasteiger partial charge in [0.15, 0.2) is 0 Å². The van der Waals surface area contributed by atoms with Crippen LogP contribution in [0.15, 0.2) is 18.2 Å². The predicted molar refractivity (Wildman–Crippen MR) is 73.4 cm³/mol. The maximum absolute atomic E-state index is 6.06. The zero-order valence-corrected chi connectivity index (χ0v) is 11.8. The van der Waals surface area contributed by atoms with Crippen molar-refractivity contribution >= 4 is 23.2 Å². The molecule has 5 heteroatoms. The number of hydrogen-bond acceptors (Lipinski definition) is 3. The molecule has 1 aliphatic rings. The number of hydrogen-bond donors (Lipinski definition) is 1. The van der Waals surface area contributed by atoms with E-state index in [4.69, 9.17) is 32.7 Å². The van der Waals surface area contributed by atoms with Crippen LogP contribution in [0.25, 0.3) is 0 Å². The van der Waals surface area contributed by atoms with Crippen LogP contribution < -0.4 is 5.32 Å². The Labute approximate surface area is 117 Å². The fourth-order valence-corrected chi connectivity index (χ4v) is 2.51. The number of nitrogens with one attached hydrogen (secondary N) is 1. The van der Waals surface area contributed by atoms with E-state index >= 15 is 0 Å². The predicted octanol–water partition coefficient (Wildman–Crippen LogP) is 2.92. The molecule has 1 heterocycles. The molecule has 0 bridgehead atoms. The highest BCUT2D eigenvalue weighted by Crippen LogP contribution is 2.32. The molecule has 0 amide bonds. The van der Waals surface area contributed by atoms with Crippen LogP contribution in [-0.4, -0.2) is 33.4 Å². The number of benzene rings is 1. The maximum Gasteiger partial charge on any atom is 0.0888 e. The van der Waals surface area contributed by atoms with Gasteiger partial charge in [-0.1, -0.05) is 29.3 Å². The van der Waals surface area contributed by atoms with Crippen LogP contribution in [0.5, 0.6) is 0 Å².